The lowest BCUT2D eigenvalue weighted by Crippen LogP contribution is -2.36. The van der Waals surface area contributed by atoms with Gasteiger partial charge >= 0.3 is 0 Å². The molecule has 0 unspecified atom stereocenters. The molecular formula is C13H25ClF2N2O. The van der Waals surface area contributed by atoms with E-state index < -0.39 is 13.0 Å². The van der Waals surface area contributed by atoms with Gasteiger partial charge < -0.3 is 10.2 Å². The van der Waals surface area contributed by atoms with Crippen LogP contribution in [0.25, 0.3) is 0 Å². The summed E-state index contributed by atoms with van der Waals surface area (Å²) in [5, 5.41) is 3.28. The second-order valence-corrected chi connectivity index (χ2v) is 4.96. The maximum atomic E-state index is 12.4. The number of carbonyl (C=O) groups excluding carboxylic acids is 1. The summed E-state index contributed by atoms with van der Waals surface area (Å²) in [6.07, 6.45) is 1.73. The molecule has 1 saturated heterocycles. The Morgan fingerprint density at radius 3 is 2.53 bits per heavy atom. The highest BCUT2D eigenvalue weighted by molar-refractivity contribution is 5.85. The van der Waals surface area contributed by atoms with Gasteiger partial charge in [0.1, 0.15) is 0 Å². The van der Waals surface area contributed by atoms with Crippen LogP contribution in [0.5, 0.6) is 0 Å². The SMILES string of the molecule is CCCN(CC(F)F)C(=O)CCC1CCNCC1.Cl. The molecule has 1 aliphatic rings. The molecule has 0 aromatic carbocycles. The van der Waals surface area contributed by atoms with Crippen molar-refractivity contribution in [3.8, 4) is 0 Å². The first-order valence-electron chi connectivity index (χ1n) is 6.90. The lowest BCUT2D eigenvalue weighted by Gasteiger charge is -2.25. The summed E-state index contributed by atoms with van der Waals surface area (Å²) in [6, 6.07) is 0. The van der Waals surface area contributed by atoms with E-state index in [-0.39, 0.29) is 18.3 Å². The van der Waals surface area contributed by atoms with E-state index in [4.69, 9.17) is 0 Å². The van der Waals surface area contributed by atoms with Gasteiger partial charge in [0.15, 0.2) is 0 Å². The fourth-order valence-corrected chi connectivity index (χ4v) is 2.41. The maximum absolute atomic E-state index is 12.4. The minimum atomic E-state index is -2.43. The lowest BCUT2D eigenvalue weighted by molar-refractivity contribution is -0.133. The number of hydrogen-bond acceptors (Lipinski definition) is 2. The average molecular weight is 299 g/mol. The van der Waals surface area contributed by atoms with Crippen molar-refractivity contribution in [3.05, 3.63) is 0 Å². The van der Waals surface area contributed by atoms with Crippen molar-refractivity contribution in [2.45, 2.75) is 45.5 Å². The van der Waals surface area contributed by atoms with Gasteiger partial charge in [-0.2, -0.15) is 0 Å². The zero-order valence-corrected chi connectivity index (χ0v) is 12.4. The molecule has 114 valence electrons. The van der Waals surface area contributed by atoms with Crippen LogP contribution in [0.4, 0.5) is 8.78 Å². The number of hydrogen-bond donors (Lipinski definition) is 1. The Hall–Kier alpha value is -0.420. The lowest BCUT2D eigenvalue weighted by atomic mass is 9.93. The van der Waals surface area contributed by atoms with Crippen LogP contribution in [0.15, 0.2) is 0 Å². The molecule has 0 spiro atoms. The molecule has 1 fully saturated rings. The summed E-state index contributed by atoms with van der Waals surface area (Å²) in [6.45, 7) is 3.94. The van der Waals surface area contributed by atoms with Crippen LogP contribution in [0.2, 0.25) is 0 Å². The molecule has 0 radical (unpaired) electrons. The quantitative estimate of drug-likeness (QED) is 0.784. The van der Waals surface area contributed by atoms with E-state index in [1.165, 1.54) is 4.90 Å². The van der Waals surface area contributed by atoms with Crippen LogP contribution < -0.4 is 5.32 Å². The molecule has 1 amide bonds. The fraction of sp³-hybridized carbons (Fsp3) is 0.923. The highest BCUT2D eigenvalue weighted by Gasteiger charge is 2.19. The van der Waals surface area contributed by atoms with E-state index in [1.54, 1.807) is 0 Å². The van der Waals surface area contributed by atoms with Crippen LogP contribution in [0.1, 0.15) is 39.0 Å². The van der Waals surface area contributed by atoms with E-state index in [9.17, 15) is 13.6 Å². The predicted molar refractivity (Wildman–Crippen MR) is 75.0 cm³/mol. The summed E-state index contributed by atoms with van der Waals surface area (Å²) in [5.41, 5.74) is 0. The Morgan fingerprint density at radius 1 is 1.37 bits per heavy atom. The summed E-state index contributed by atoms with van der Waals surface area (Å²) >= 11 is 0. The predicted octanol–water partition coefficient (Wildman–Crippen LogP) is 2.69. The maximum Gasteiger partial charge on any atom is 0.255 e. The minimum Gasteiger partial charge on any atom is -0.337 e. The standard InChI is InChI=1S/C13H24F2N2O.ClH/c1-2-9-17(10-12(14)15)13(18)4-3-11-5-7-16-8-6-11;/h11-12,16H,2-10H2,1H3;1H. The van der Waals surface area contributed by atoms with Crippen LogP contribution >= 0.6 is 12.4 Å². The first kappa shape index (κ1) is 18.6. The van der Waals surface area contributed by atoms with Crippen molar-refractivity contribution in [1.82, 2.24) is 10.2 Å². The van der Waals surface area contributed by atoms with Crippen molar-refractivity contribution < 1.29 is 13.6 Å². The Balaban J connectivity index is 0.00000324. The molecule has 0 aromatic rings. The monoisotopic (exact) mass is 298 g/mol. The van der Waals surface area contributed by atoms with Gasteiger partial charge in [-0.3, -0.25) is 4.79 Å². The van der Waals surface area contributed by atoms with Gasteiger partial charge in [0.2, 0.25) is 5.91 Å². The molecule has 0 aliphatic carbocycles. The number of alkyl halides is 2. The highest BCUT2D eigenvalue weighted by Crippen LogP contribution is 2.18. The number of halogens is 3. The van der Waals surface area contributed by atoms with Gasteiger partial charge in [-0.05, 0) is 44.7 Å². The molecule has 0 aromatic heterocycles. The Bertz CT molecular complexity index is 249. The topological polar surface area (TPSA) is 32.3 Å². The van der Waals surface area contributed by atoms with Gasteiger partial charge in [0.25, 0.3) is 6.43 Å². The molecule has 0 saturated carbocycles. The third-order valence-electron chi connectivity index (χ3n) is 3.43. The summed E-state index contributed by atoms with van der Waals surface area (Å²) in [7, 11) is 0. The van der Waals surface area contributed by atoms with E-state index >= 15 is 0 Å². The molecule has 1 rings (SSSR count). The molecule has 1 aliphatic heterocycles. The summed E-state index contributed by atoms with van der Waals surface area (Å²) < 4.78 is 24.7. The van der Waals surface area contributed by atoms with Crippen molar-refractivity contribution in [2.75, 3.05) is 26.2 Å². The molecular weight excluding hydrogens is 274 g/mol. The number of nitrogens with zero attached hydrogens (tertiary/aromatic N) is 1. The van der Waals surface area contributed by atoms with Crippen LogP contribution in [0.3, 0.4) is 0 Å². The van der Waals surface area contributed by atoms with E-state index in [1.807, 2.05) is 6.92 Å². The fourth-order valence-electron chi connectivity index (χ4n) is 2.41. The number of rotatable bonds is 7. The van der Waals surface area contributed by atoms with Gasteiger partial charge in [0, 0.05) is 13.0 Å². The van der Waals surface area contributed by atoms with Crippen LogP contribution in [-0.4, -0.2) is 43.4 Å². The second kappa shape index (κ2) is 10.4. The Kier molecular flexibility index (Phi) is 10.1. The van der Waals surface area contributed by atoms with Gasteiger partial charge in [-0.25, -0.2) is 8.78 Å². The number of amides is 1. The third-order valence-corrected chi connectivity index (χ3v) is 3.43. The van der Waals surface area contributed by atoms with E-state index in [0.717, 1.165) is 38.8 Å². The van der Waals surface area contributed by atoms with Crippen molar-refractivity contribution >= 4 is 18.3 Å². The molecule has 0 atom stereocenters. The second-order valence-electron chi connectivity index (χ2n) is 4.96. The highest BCUT2D eigenvalue weighted by atomic mass is 35.5. The van der Waals surface area contributed by atoms with Crippen LogP contribution in [-0.2, 0) is 4.79 Å². The number of nitrogens with one attached hydrogen (secondary N) is 1. The van der Waals surface area contributed by atoms with Crippen molar-refractivity contribution in [3.63, 3.8) is 0 Å². The van der Waals surface area contributed by atoms with Crippen LogP contribution in [0, 0.1) is 5.92 Å². The van der Waals surface area contributed by atoms with Crippen molar-refractivity contribution in [2.24, 2.45) is 5.92 Å². The minimum absolute atomic E-state index is 0. The smallest absolute Gasteiger partial charge is 0.255 e. The molecule has 3 nitrogen and oxygen atoms in total. The zero-order valence-electron chi connectivity index (χ0n) is 11.5. The van der Waals surface area contributed by atoms with Crippen molar-refractivity contribution in [1.29, 1.82) is 0 Å². The molecule has 6 heteroatoms. The number of piperidine rings is 1. The van der Waals surface area contributed by atoms with E-state index in [0.29, 0.717) is 18.9 Å². The molecule has 1 N–H and O–H groups in total. The van der Waals surface area contributed by atoms with E-state index in [2.05, 4.69) is 5.32 Å². The summed E-state index contributed by atoms with van der Waals surface area (Å²) in [4.78, 5) is 13.2. The first-order chi connectivity index (χ1) is 8.63. The molecule has 19 heavy (non-hydrogen) atoms. The zero-order chi connectivity index (χ0) is 13.4. The van der Waals surface area contributed by atoms with Gasteiger partial charge in [-0.15, -0.1) is 12.4 Å². The molecule has 0 bridgehead atoms. The van der Waals surface area contributed by atoms with Gasteiger partial charge in [0.05, 0.1) is 6.54 Å². The summed E-state index contributed by atoms with van der Waals surface area (Å²) in [5.74, 6) is 0.459. The third kappa shape index (κ3) is 7.67. The average Bonchev–Trinajstić information content (AvgIpc) is 2.36. The Labute approximate surface area is 120 Å². The normalized spacial score (nSPS) is 16.2. The van der Waals surface area contributed by atoms with Gasteiger partial charge in [-0.1, -0.05) is 6.92 Å². The largest absolute Gasteiger partial charge is 0.337 e. The first-order valence-corrected chi connectivity index (χ1v) is 6.90. The number of carbonyl (C=O) groups is 1. The Morgan fingerprint density at radius 2 is 2.00 bits per heavy atom. The molecule has 1 heterocycles.